The molecule has 5 rings (SSSR count). The minimum atomic E-state index is -0.781. The fourth-order valence-electron chi connectivity index (χ4n) is 5.66. The summed E-state index contributed by atoms with van der Waals surface area (Å²) >= 11 is 7.86. The minimum absolute atomic E-state index is 0.0788. The van der Waals surface area contributed by atoms with Crippen LogP contribution >= 0.6 is 23.4 Å². The van der Waals surface area contributed by atoms with Gasteiger partial charge >= 0.3 is 5.97 Å². The molecule has 6 nitrogen and oxygen atoms in total. The molecule has 3 aromatic carbocycles. The number of benzene rings is 3. The first-order valence-electron chi connectivity index (χ1n) is 15.7. The number of carboxylic acid groups (broad SMARTS) is 1. The highest BCUT2D eigenvalue weighted by molar-refractivity contribution is 7.99. The van der Waals surface area contributed by atoms with Gasteiger partial charge < -0.3 is 19.3 Å². The summed E-state index contributed by atoms with van der Waals surface area (Å²) in [5.41, 5.74) is 4.64. The van der Waals surface area contributed by atoms with Crippen LogP contribution in [0.2, 0.25) is 5.02 Å². The largest absolute Gasteiger partial charge is 0.487 e. The molecule has 1 aromatic heterocycles. The highest BCUT2D eigenvalue weighted by atomic mass is 35.5. The number of fused-ring (bicyclic) bond motifs is 1. The average Bonchev–Trinajstić information content (AvgIpc) is 3.04. The fourth-order valence-corrected chi connectivity index (χ4v) is 7.11. The van der Waals surface area contributed by atoms with E-state index in [1.165, 1.54) is 5.56 Å². The van der Waals surface area contributed by atoms with Crippen molar-refractivity contribution in [1.29, 1.82) is 0 Å². The third-order valence-electron chi connectivity index (χ3n) is 8.20. The lowest BCUT2D eigenvalue weighted by atomic mass is 9.90. The second-order valence-electron chi connectivity index (χ2n) is 12.2. The van der Waals surface area contributed by atoms with Crippen LogP contribution in [0.25, 0.3) is 10.9 Å². The molecule has 238 valence electrons. The molecular formula is C37H42ClNO5S. The topological polar surface area (TPSA) is 77.9 Å². The van der Waals surface area contributed by atoms with Crippen LogP contribution in [0.1, 0.15) is 74.1 Å². The van der Waals surface area contributed by atoms with Crippen molar-refractivity contribution >= 4 is 40.2 Å². The van der Waals surface area contributed by atoms with Gasteiger partial charge in [0.2, 0.25) is 0 Å². The Balaban J connectivity index is 1.31. The van der Waals surface area contributed by atoms with E-state index < -0.39 is 17.5 Å². The van der Waals surface area contributed by atoms with Crippen molar-refractivity contribution in [2.45, 2.75) is 76.6 Å². The van der Waals surface area contributed by atoms with E-state index in [2.05, 4.69) is 50.2 Å². The number of halogens is 1. The fraction of sp³-hybridized carbons (Fsp3) is 0.405. The highest BCUT2D eigenvalue weighted by Gasteiger charge is 2.30. The normalized spacial score (nSPS) is 16.8. The molecule has 0 radical (unpaired) electrons. The van der Waals surface area contributed by atoms with E-state index in [4.69, 9.17) is 30.8 Å². The monoisotopic (exact) mass is 647 g/mol. The molecule has 0 spiro atoms. The summed E-state index contributed by atoms with van der Waals surface area (Å²) in [6.07, 6.45) is 4.58. The molecule has 1 fully saturated rings. The molecule has 1 aliphatic rings. The molecule has 1 saturated heterocycles. The summed E-state index contributed by atoms with van der Waals surface area (Å²) in [6.45, 7) is 7.06. The van der Waals surface area contributed by atoms with Gasteiger partial charge in [-0.15, -0.1) is 0 Å². The van der Waals surface area contributed by atoms with Crippen molar-refractivity contribution in [3.63, 3.8) is 0 Å². The number of carboxylic acids is 1. The van der Waals surface area contributed by atoms with Gasteiger partial charge in [0, 0.05) is 28.0 Å². The predicted molar refractivity (Wildman–Crippen MR) is 182 cm³/mol. The Kier molecular flexibility index (Phi) is 11.4. The van der Waals surface area contributed by atoms with Crippen LogP contribution in [0.4, 0.5) is 0 Å². The highest BCUT2D eigenvalue weighted by Crippen LogP contribution is 2.38. The molecule has 0 amide bonds. The van der Waals surface area contributed by atoms with Crippen molar-refractivity contribution in [3.8, 4) is 5.75 Å². The molecular weight excluding hydrogens is 606 g/mol. The predicted octanol–water partition coefficient (Wildman–Crippen LogP) is 9.37. The Morgan fingerprint density at radius 2 is 1.91 bits per heavy atom. The zero-order valence-electron chi connectivity index (χ0n) is 26.2. The van der Waals surface area contributed by atoms with E-state index >= 15 is 0 Å². The van der Waals surface area contributed by atoms with Gasteiger partial charge in [-0.2, -0.15) is 11.8 Å². The summed E-state index contributed by atoms with van der Waals surface area (Å²) < 4.78 is 18.6. The second kappa shape index (κ2) is 15.5. The Hall–Kier alpha value is -3.10. The summed E-state index contributed by atoms with van der Waals surface area (Å²) in [5.74, 6) is 0.0419. The molecule has 3 atom stereocenters. The maximum Gasteiger partial charge on any atom is 0.307 e. The molecule has 0 bridgehead atoms. The standard InChI is InChI=1S/C37H42ClNO5S/c1-25(36(40)41)24-45-34(19-16-26-9-4-5-12-32(26)37(2,3)44-35-13-6-7-20-42-35)28-10-8-11-31(21-28)43-23-30-18-15-27-14-17-29(38)22-33(27)39-30/h4-5,8-12,14-15,17-18,21-22,25,34-35H,6-7,13,16,19-20,23-24H2,1-3H3,(H,40,41)/t25-,34-,35?/m1/s1. The van der Waals surface area contributed by atoms with Gasteiger partial charge in [0.25, 0.3) is 0 Å². The van der Waals surface area contributed by atoms with Crippen molar-refractivity contribution in [3.05, 3.63) is 106 Å². The number of carbonyl (C=O) groups is 1. The number of pyridine rings is 1. The SMILES string of the molecule is C[C@H](CS[C@H](CCc1ccccc1C(C)(C)OC1CCCCO1)c1cccc(OCc2ccc3ccc(Cl)cc3n2)c1)C(=O)O. The van der Waals surface area contributed by atoms with Crippen LogP contribution in [-0.4, -0.2) is 34.7 Å². The number of hydrogen-bond donors (Lipinski definition) is 1. The lowest BCUT2D eigenvalue weighted by Crippen LogP contribution is -2.33. The molecule has 1 unspecified atom stereocenters. The number of rotatable bonds is 14. The Morgan fingerprint density at radius 1 is 1.09 bits per heavy atom. The van der Waals surface area contributed by atoms with E-state index in [9.17, 15) is 9.90 Å². The molecule has 2 heterocycles. The molecule has 0 aliphatic carbocycles. The molecule has 1 N–H and O–H groups in total. The Bertz CT molecular complexity index is 1590. The second-order valence-corrected chi connectivity index (χ2v) is 13.9. The smallest absolute Gasteiger partial charge is 0.307 e. The average molecular weight is 648 g/mol. The van der Waals surface area contributed by atoms with Crippen LogP contribution in [0, 0.1) is 5.92 Å². The summed E-state index contributed by atoms with van der Waals surface area (Å²) in [6, 6.07) is 26.2. The first-order chi connectivity index (χ1) is 21.7. The maximum absolute atomic E-state index is 11.6. The minimum Gasteiger partial charge on any atom is -0.487 e. The zero-order chi connectivity index (χ0) is 31.8. The van der Waals surface area contributed by atoms with Gasteiger partial charge in [0.1, 0.15) is 12.4 Å². The van der Waals surface area contributed by atoms with Crippen molar-refractivity contribution in [2.75, 3.05) is 12.4 Å². The lowest BCUT2D eigenvalue weighted by molar-refractivity contribution is -0.219. The number of ether oxygens (including phenoxy) is 3. The quantitative estimate of drug-likeness (QED) is 0.146. The third-order valence-corrected chi connectivity index (χ3v) is 10.0. The van der Waals surface area contributed by atoms with Gasteiger partial charge in [-0.1, -0.05) is 67.1 Å². The molecule has 45 heavy (non-hydrogen) atoms. The molecule has 0 saturated carbocycles. The van der Waals surface area contributed by atoms with Gasteiger partial charge in [-0.3, -0.25) is 4.79 Å². The van der Waals surface area contributed by atoms with Gasteiger partial charge in [-0.25, -0.2) is 4.98 Å². The Morgan fingerprint density at radius 3 is 2.71 bits per heavy atom. The summed E-state index contributed by atoms with van der Waals surface area (Å²) in [5, 5.41) is 11.3. The number of aryl methyl sites for hydroxylation is 1. The van der Waals surface area contributed by atoms with Gasteiger partial charge in [0.15, 0.2) is 6.29 Å². The van der Waals surface area contributed by atoms with E-state index in [1.54, 1.807) is 18.7 Å². The summed E-state index contributed by atoms with van der Waals surface area (Å²) in [7, 11) is 0. The Labute approximate surface area is 275 Å². The van der Waals surface area contributed by atoms with Crippen molar-refractivity contribution in [1.82, 2.24) is 4.98 Å². The zero-order valence-corrected chi connectivity index (χ0v) is 27.8. The maximum atomic E-state index is 11.6. The van der Waals surface area contributed by atoms with E-state index in [0.29, 0.717) is 17.4 Å². The third kappa shape index (κ3) is 9.23. The molecule has 8 heteroatoms. The number of nitrogens with zero attached hydrogens (tertiary/aromatic N) is 1. The van der Waals surface area contributed by atoms with Crippen LogP contribution < -0.4 is 4.74 Å². The molecule has 1 aliphatic heterocycles. The van der Waals surface area contributed by atoms with E-state index in [0.717, 1.165) is 72.2 Å². The van der Waals surface area contributed by atoms with E-state index in [1.807, 2.05) is 42.5 Å². The lowest BCUT2D eigenvalue weighted by Gasteiger charge is -2.34. The van der Waals surface area contributed by atoms with Crippen LogP contribution in [0.3, 0.4) is 0 Å². The van der Waals surface area contributed by atoms with Gasteiger partial charge in [0.05, 0.1) is 22.7 Å². The van der Waals surface area contributed by atoms with Crippen LogP contribution in [-0.2, 0) is 32.9 Å². The van der Waals surface area contributed by atoms with Gasteiger partial charge in [-0.05, 0) is 93.0 Å². The number of aliphatic carboxylic acids is 1. The number of hydrogen-bond acceptors (Lipinski definition) is 6. The summed E-state index contributed by atoms with van der Waals surface area (Å²) in [4.78, 5) is 16.4. The first kappa shape index (κ1) is 33.3. The van der Waals surface area contributed by atoms with Crippen molar-refractivity contribution < 1.29 is 24.1 Å². The van der Waals surface area contributed by atoms with Crippen LogP contribution in [0.5, 0.6) is 5.75 Å². The van der Waals surface area contributed by atoms with Crippen molar-refractivity contribution in [2.24, 2.45) is 5.92 Å². The number of aromatic nitrogens is 1. The number of thioether (sulfide) groups is 1. The molecule has 4 aromatic rings. The van der Waals surface area contributed by atoms with Crippen LogP contribution in [0.15, 0.2) is 78.9 Å². The first-order valence-corrected chi connectivity index (χ1v) is 17.1. The van der Waals surface area contributed by atoms with E-state index in [-0.39, 0.29) is 11.5 Å².